The molecule has 7 heteroatoms. The van der Waals surface area contributed by atoms with Crippen LogP contribution in [-0.4, -0.2) is 37.7 Å². The Kier molecular flexibility index (Phi) is 8.48. The lowest BCUT2D eigenvalue weighted by atomic mass is 10.0. The molecule has 5 nitrogen and oxygen atoms in total. The minimum absolute atomic E-state index is 0.0186. The molecule has 26 heavy (non-hydrogen) atoms. The Balaban J connectivity index is 0.000000265. The highest BCUT2D eigenvalue weighted by molar-refractivity contribution is 6.06. The Labute approximate surface area is 153 Å². The normalized spacial score (nSPS) is 17.5. The van der Waals surface area contributed by atoms with E-state index in [-0.39, 0.29) is 11.6 Å². The number of allylic oxidation sites excluding steroid dienone is 3. The van der Waals surface area contributed by atoms with Gasteiger partial charge in [-0.3, -0.25) is 4.79 Å². The molecule has 0 radical (unpaired) electrons. The first kappa shape index (κ1) is 21.3. The van der Waals surface area contributed by atoms with Crippen molar-refractivity contribution in [1.29, 1.82) is 0 Å². The van der Waals surface area contributed by atoms with Crippen molar-refractivity contribution in [2.45, 2.75) is 32.7 Å². The van der Waals surface area contributed by atoms with E-state index in [9.17, 15) is 13.6 Å². The summed E-state index contributed by atoms with van der Waals surface area (Å²) in [7, 11) is 1.70. The van der Waals surface area contributed by atoms with E-state index in [2.05, 4.69) is 21.2 Å². The van der Waals surface area contributed by atoms with Crippen molar-refractivity contribution >= 4 is 12.1 Å². The van der Waals surface area contributed by atoms with Crippen molar-refractivity contribution < 1.29 is 13.6 Å². The molecule has 1 aliphatic heterocycles. The van der Waals surface area contributed by atoms with Gasteiger partial charge in [0.25, 0.3) is 5.92 Å². The average Bonchev–Trinajstić information content (AvgIpc) is 3.08. The van der Waals surface area contributed by atoms with E-state index in [0.29, 0.717) is 18.7 Å². The molecule has 0 aromatic heterocycles. The van der Waals surface area contributed by atoms with E-state index in [1.807, 2.05) is 30.3 Å². The topological polar surface area (TPSA) is 65.5 Å². The molecular formula is C19H26F2N4O. The standard InChI is InChI=1S/C10H11N3O.C9H15F2N/c14-7-11-9-6-12-13-10(9)8-4-2-1-3-5-8;1-5-8(12-4)6-7(2)9(3,10)11/h1-5,7,9,12H,6H2,(H,11,14);5-6,12H,1-4H3/b;7-6+,8-5+. The van der Waals surface area contributed by atoms with Gasteiger partial charge in [-0.15, -0.1) is 0 Å². The number of nitrogens with zero attached hydrogens (tertiary/aromatic N) is 1. The Morgan fingerprint density at radius 3 is 2.50 bits per heavy atom. The van der Waals surface area contributed by atoms with Gasteiger partial charge < -0.3 is 16.1 Å². The molecule has 0 bridgehead atoms. The molecular weight excluding hydrogens is 338 g/mol. The Morgan fingerprint density at radius 1 is 1.35 bits per heavy atom. The van der Waals surface area contributed by atoms with Gasteiger partial charge in [-0.1, -0.05) is 36.4 Å². The molecule has 0 saturated carbocycles. The maximum atomic E-state index is 12.6. The molecule has 1 amide bonds. The third-order valence-electron chi connectivity index (χ3n) is 3.83. The molecule has 1 heterocycles. The van der Waals surface area contributed by atoms with Crippen LogP contribution in [0.25, 0.3) is 0 Å². The number of amides is 1. The Bertz CT molecular complexity index is 664. The maximum Gasteiger partial charge on any atom is 0.266 e. The summed E-state index contributed by atoms with van der Waals surface area (Å²) in [6.07, 6.45) is 3.89. The minimum atomic E-state index is -2.73. The average molecular weight is 364 g/mol. The summed E-state index contributed by atoms with van der Waals surface area (Å²) < 4.78 is 25.3. The number of hydrogen-bond donors (Lipinski definition) is 3. The number of hydrazone groups is 1. The second kappa shape index (κ2) is 10.3. The molecule has 0 aliphatic carbocycles. The van der Waals surface area contributed by atoms with Gasteiger partial charge in [-0.25, -0.2) is 8.78 Å². The minimum Gasteiger partial charge on any atom is -0.388 e. The van der Waals surface area contributed by atoms with Gasteiger partial charge in [0, 0.05) is 19.7 Å². The van der Waals surface area contributed by atoms with Crippen LogP contribution in [0.5, 0.6) is 0 Å². The molecule has 0 spiro atoms. The number of hydrogen-bond acceptors (Lipinski definition) is 4. The van der Waals surface area contributed by atoms with Crippen LogP contribution >= 0.6 is 0 Å². The van der Waals surface area contributed by atoms with Crippen molar-refractivity contribution in [3.63, 3.8) is 0 Å². The SMILES string of the molecule is C/C=C(\C=C(/C)C(C)(F)F)NC.O=CNC1CNN=C1c1ccccc1. The highest BCUT2D eigenvalue weighted by Gasteiger charge is 2.23. The molecule has 1 aromatic rings. The summed E-state index contributed by atoms with van der Waals surface area (Å²) in [5, 5.41) is 9.68. The third-order valence-corrected chi connectivity index (χ3v) is 3.83. The maximum absolute atomic E-state index is 12.6. The smallest absolute Gasteiger partial charge is 0.266 e. The van der Waals surface area contributed by atoms with Crippen molar-refractivity contribution in [3.05, 3.63) is 59.3 Å². The van der Waals surface area contributed by atoms with Crippen molar-refractivity contribution in [2.24, 2.45) is 5.10 Å². The Hall–Kier alpha value is -2.70. The van der Waals surface area contributed by atoms with Gasteiger partial charge in [0.05, 0.1) is 18.3 Å². The van der Waals surface area contributed by atoms with E-state index in [0.717, 1.165) is 18.2 Å². The zero-order chi connectivity index (χ0) is 19.6. The number of nitrogens with one attached hydrogen (secondary N) is 3. The van der Waals surface area contributed by atoms with Crippen LogP contribution in [0.2, 0.25) is 0 Å². The van der Waals surface area contributed by atoms with Crippen LogP contribution in [0.1, 0.15) is 26.3 Å². The predicted octanol–water partition coefficient (Wildman–Crippen LogP) is 2.82. The fourth-order valence-electron chi connectivity index (χ4n) is 2.15. The third kappa shape index (κ3) is 6.66. The molecule has 1 aliphatic rings. The van der Waals surface area contributed by atoms with Crippen LogP contribution in [0.4, 0.5) is 8.78 Å². The van der Waals surface area contributed by atoms with Crippen molar-refractivity contribution in [2.75, 3.05) is 13.6 Å². The largest absolute Gasteiger partial charge is 0.388 e. The van der Waals surface area contributed by atoms with Crippen LogP contribution < -0.4 is 16.1 Å². The number of likely N-dealkylation sites (N-methyl/N-ethyl adjacent to an activating group) is 1. The van der Waals surface area contributed by atoms with Crippen LogP contribution in [0.15, 0.2) is 58.9 Å². The van der Waals surface area contributed by atoms with Crippen molar-refractivity contribution in [3.8, 4) is 0 Å². The molecule has 3 N–H and O–H groups in total. The van der Waals surface area contributed by atoms with Gasteiger partial charge in [0.15, 0.2) is 0 Å². The van der Waals surface area contributed by atoms with Crippen molar-refractivity contribution in [1.82, 2.24) is 16.1 Å². The summed E-state index contributed by atoms with van der Waals surface area (Å²) >= 11 is 0. The second-order valence-electron chi connectivity index (χ2n) is 5.77. The Morgan fingerprint density at radius 2 is 2.00 bits per heavy atom. The monoisotopic (exact) mass is 364 g/mol. The van der Waals surface area contributed by atoms with Gasteiger partial charge in [-0.05, 0) is 31.1 Å². The lowest BCUT2D eigenvalue weighted by Gasteiger charge is -2.11. The molecule has 0 fully saturated rings. The van der Waals surface area contributed by atoms with Gasteiger partial charge >= 0.3 is 0 Å². The fourth-order valence-corrected chi connectivity index (χ4v) is 2.15. The lowest BCUT2D eigenvalue weighted by Crippen LogP contribution is -2.37. The highest BCUT2D eigenvalue weighted by atomic mass is 19.3. The van der Waals surface area contributed by atoms with Crippen LogP contribution in [-0.2, 0) is 4.79 Å². The first-order chi connectivity index (χ1) is 12.3. The number of carbonyl (C=O) groups is 1. The van der Waals surface area contributed by atoms with Gasteiger partial charge in [0.1, 0.15) is 0 Å². The van der Waals surface area contributed by atoms with E-state index in [4.69, 9.17) is 0 Å². The predicted molar refractivity (Wildman–Crippen MR) is 101 cm³/mol. The second-order valence-corrected chi connectivity index (χ2v) is 5.77. The molecule has 142 valence electrons. The van der Waals surface area contributed by atoms with E-state index >= 15 is 0 Å². The van der Waals surface area contributed by atoms with Gasteiger partial charge in [0.2, 0.25) is 6.41 Å². The van der Waals surface area contributed by atoms with E-state index in [1.165, 1.54) is 13.0 Å². The summed E-state index contributed by atoms with van der Waals surface area (Å²) in [5.74, 6) is -2.73. The lowest BCUT2D eigenvalue weighted by molar-refractivity contribution is -0.109. The van der Waals surface area contributed by atoms with E-state index < -0.39 is 5.92 Å². The number of alkyl halides is 2. The van der Waals surface area contributed by atoms with Crippen LogP contribution in [0.3, 0.4) is 0 Å². The zero-order valence-corrected chi connectivity index (χ0v) is 15.5. The first-order valence-electron chi connectivity index (χ1n) is 8.29. The number of benzene rings is 1. The van der Waals surface area contributed by atoms with Gasteiger partial charge in [-0.2, -0.15) is 5.10 Å². The summed E-state index contributed by atoms with van der Waals surface area (Å²) in [5.41, 5.74) is 5.56. The highest BCUT2D eigenvalue weighted by Crippen LogP contribution is 2.22. The van der Waals surface area contributed by atoms with Crippen LogP contribution in [0, 0.1) is 0 Å². The molecule has 2 rings (SSSR count). The molecule has 0 saturated heterocycles. The zero-order valence-electron chi connectivity index (χ0n) is 15.5. The quantitative estimate of drug-likeness (QED) is 0.537. The number of rotatable bonds is 6. The fraction of sp³-hybridized carbons (Fsp3) is 0.368. The first-order valence-corrected chi connectivity index (χ1v) is 8.29. The molecule has 1 atom stereocenters. The molecule has 1 aromatic carbocycles. The number of carbonyl (C=O) groups excluding carboxylic acids is 1. The summed E-state index contributed by atoms with van der Waals surface area (Å²) in [6.45, 7) is 4.76. The van der Waals surface area contributed by atoms with E-state index in [1.54, 1.807) is 20.0 Å². The summed E-state index contributed by atoms with van der Waals surface area (Å²) in [4.78, 5) is 10.3. The summed E-state index contributed by atoms with van der Waals surface area (Å²) in [6, 6.07) is 9.79. The molecule has 1 unspecified atom stereocenters. The number of halogens is 2.